The number of hydrogen-bond acceptors (Lipinski definition) is 0. The lowest BCUT2D eigenvalue weighted by molar-refractivity contribution is 0.590. The van der Waals surface area contributed by atoms with Crippen LogP contribution >= 0.6 is 0 Å². The van der Waals surface area contributed by atoms with Gasteiger partial charge in [0.15, 0.2) is 0 Å². The van der Waals surface area contributed by atoms with Crippen LogP contribution in [0.2, 0.25) is 0 Å². The Morgan fingerprint density at radius 2 is 0.891 bits per heavy atom. The van der Waals surface area contributed by atoms with Gasteiger partial charge in [0, 0.05) is 32.9 Å². The molecule has 46 heavy (non-hydrogen) atoms. The molecule has 2 heterocycles. The topological polar surface area (TPSA) is 9.86 Å². The lowest BCUT2D eigenvalue weighted by Crippen LogP contribution is -2.10. The van der Waals surface area contributed by atoms with E-state index < -0.39 is 0 Å². The minimum absolute atomic E-state index is 0.0659. The predicted octanol–water partition coefficient (Wildman–Crippen LogP) is 12.1. The largest absolute Gasteiger partial charge is 0.309 e. The van der Waals surface area contributed by atoms with Crippen LogP contribution < -0.4 is 0 Å². The molecule has 8 rings (SSSR count). The quantitative estimate of drug-likeness (QED) is 0.192. The first-order chi connectivity index (χ1) is 22.1. The van der Waals surface area contributed by atoms with E-state index in [1.54, 1.807) is 0 Å². The fourth-order valence-electron chi connectivity index (χ4n) is 7.06. The Kier molecular flexibility index (Phi) is 6.31. The number of nitrogens with zero attached hydrogens (tertiary/aromatic N) is 2. The summed E-state index contributed by atoms with van der Waals surface area (Å²) in [5, 5.41) is 5.15. The minimum Gasteiger partial charge on any atom is -0.309 e. The number of para-hydroxylation sites is 2. The summed E-state index contributed by atoms with van der Waals surface area (Å²) in [7, 11) is 0. The minimum atomic E-state index is 0.0659. The summed E-state index contributed by atoms with van der Waals surface area (Å²) >= 11 is 0. The molecule has 0 saturated carbocycles. The first kappa shape index (κ1) is 28.4. The summed E-state index contributed by atoms with van der Waals surface area (Å²) in [6, 6.07) is 49.5. The number of hydrogen-bond donors (Lipinski definition) is 0. The summed E-state index contributed by atoms with van der Waals surface area (Å²) in [6.07, 6.45) is 0. The molecule has 0 unspecified atom stereocenters. The maximum atomic E-state index is 2.44. The zero-order chi connectivity index (χ0) is 31.8. The number of fused-ring (bicyclic) bond motifs is 6. The van der Waals surface area contributed by atoms with E-state index in [1.807, 2.05) is 0 Å². The molecule has 0 spiro atoms. The van der Waals surface area contributed by atoms with Crippen molar-refractivity contribution in [2.45, 2.75) is 52.4 Å². The van der Waals surface area contributed by atoms with Gasteiger partial charge in [0.25, 0.3) is 0 Å². The van der Waals surface area contributed by atoms with Gasteiger partial charge in [-0.05, 0) is 93.7 Å². The second-order valence-electron chi connectivity index (χ2n) is 14.8. The Morgan fingerprint density at radius 1 is 0.348 bits per heavy atom. The zero-order valence-electron chi connectivity index (χ0n) is 27.6. The Balaban J connectivity index is 1.35. The number of benzene rings is 6. The maximum absolute atomic E-state index is 2.44. The molecule has 0 atom stereocenters. The molecule has 0 N–H and O–H groups in total. The summed E-state index contributed by atoms with van der Waals surface area (Å²) < 4.78 is 4.85. The third-order valence-corrected chi connectivity index (χ3v) is 9.62. The summed E-state index contributed by atoms with van der Waals surface area (Å²) in [6.45, 7) is 13.7. The fourth-order valence-corrected chi connectivity index (χ4v) is 7.06. The van der Waals surface area contributed by atoms with Crippen LogP contribution in [0.25, 0.3) is 66.1 Å². The van der Waals surface area contributed by atoms with Crippen LogP contribution in [0, 0.1) is 0 Å². The van der Waals surface area contributed by atoms with Gasteiger partial charge in [-0.15, -0.1) is 0 Å². The van der Waals surface area contributed by atoms with Crippen LogP contribution in [-0.2, 0) is 10.8 Å². The predicted molar refractivity (Wildman–Crippen MR) is 198 cm³/mol. The van der Waals surface area contributed by atoms with Crippen LogP contribution in [0.3, 0.4) is 0 Å². The van der Waals surface area contributed by atoms with Gasteiger partial charge in [0.2, 0.25) is 0 Å². The average molecular weight is 597 g/mol. The fraction of sp³-hybridized carbons (Fsp3) is 0.182. The van der Waals surface area contributed by atoms with Gasteiger partial charge in [-0.25, -0.2) is 0 Å². The molecule has 2 heteroatoms. The second kappa shape index (κ2) is 10.2. The molecule has 0 radical (unpaired) electrons. The lowest BCUT2D eigenvalue weighted by Gasteiger charge is -2.19. The van der Waals surface area contributed by atoms with Crippen LogP contribution in [0.4, 0.5) is 0 Å². The van der Waals surface area contributed by atoms with Crippen LogP contribution in [0.5, 0.6) is 0 Å². The lowest BCUT2D eigenvalue weighted by atomic mass is 9.86. The van der Waals surface area contributed by atoms with E-state index in [1.165, 1.54) is 77.2 Å². The molecule has 0 saturated heterocycles. The SMILES string of the molecule is CC(C)(C)c1ccc2c(c1)c1cc(-c3cccc(-n4c5ccccc5c5ccc(C(C)(C)C)cc54)c3)ccc1n2-c1ccccc1. The molecule has 6 aromatic carbocycles. The van der Waals surface area contributed by atoms with Gasteiger partial charge in [0.1, 0.15) is 0 Å². The third kappa shape index (κ3) is 4.55. The smallest absolute Gasteiger partial charge is 0.0544 e. The molecule has 0 aliphatic carbocycles. The highest BCUT2D eigenvalue weighted by Crippen LogP contribution is 2.39. The first-order valence-electron chi connectivity index (χ1n) is 16.4. The highest BCUT2D eigenvalue weighted by molar-refractivity contribution is 6.11. The van der Waals surface area contributed by atoms with E-state index in [2.05, 4.69) is 184 Å². The van der Waals surface area contributed by atoms with Crippen molar-refractivity contribution in [3.05, 3.63) is 145 Å². The van der Waals surface area contributed by atoms with Gasteiger partial charge in [-0.1, -0.05) is 114 Å². The summed E-state index contributed by atoms with van der Waals surface area (Å²) in [4.78, 5) is 0. The van der Waals surface area contributed by atoms with E-state index in [0.717, 1.165) is 0 Å². The molecule has 8 aromatic rings. The van der Waals surface area contributed by atoms with E-state index in [9.17, 15) is 0 Å². The molecule has 0 fully saturated rings. The third-order valence-electron chi connectivity index (χ3n) is 9.62. The number of rotatable bonds is 3. The Labute approximate surface area is 271 Å². The van der Waals surface area contributed by atoms with Crippen LogP contribution in [-0.4, -0.2) is 9.13 Å². The van der Waals surface area contributed by atoms with Crippen molar-refractivity contribution >= 4 is 43.6 Å². The standard InChI is InChI=1S/C44H40N2/c1-43(2,3)31-21-24-41-38(27-31)37-26-30(19-23-40(37)45(41)33-14-8-7-9-15-33)29-13-12-16-34(25-29)46-39-18-11-10-17-35(39)36-22-20-32(28-42(36)46)44(4,5)6/h7-28H,1-6H3. The molecule has 226 valence electrons. The van der Waals surface area contributed by atoms with Gasteiger partial charge < -0.3 is 9.13 Å². The summed E-state index contributed by atoms with van der Waals surface area (Å²) in [5.41, 5.74) is 12.6. The van der Waals surface area contributed by atoms with E-state index >= 15 is 0 Å². The van der Waals surface area contributed by atoms with Gasteiger partial charge in [0.05, 0.1) is 22.1 Å². The molecule has 2 aromatic heterocycles. The van der Waals surface area contributed by atoms with Crippen molar-refractivity contribution in [3.63, 3.8) is 0 Å². The Hall–Kier alpha value is -5.08. The van der Waals surface area contributed by atoms with Crippen molar-refractivity contribution in [1.29, 1.82) is 0 Å². The van der Waals surface area contributed by atoms with E-state index in [-0.39, 0.29) is 10.8 Å². The van der Waals surface area contributed by atoms with E-state index in [4.69, 9.17) is 0 Å². The van der Waals surface area contributed by atoms with Crippen molar-refractivity contribution in [2.24, 2.45) is 0 Å². The van der Waals surface area contributed by atoms with Crippen molar-refractivity contribution in [2.75, 3.05) is 0 Å². The van der Waals surface area contributed by atoms with Gasteiger partial charge in [-0.2, -0.15) is 0 Å². The molecular weight excluding hydrogens is 556 g/mol. The van der Waals surface area contributed by atoms with Gasteiger partial charge >= 0.3 is 0 Å². The maximum Gasteiger partial charge on any atom is 0.0544 e. The molecule has 0 amide bonds. The molecule has 0 aliphatic rings. The number of aromatic nitrogens is 2. The monoisotopic (exact) mass is 596 g/mol. The van der Waals surface area contributed by atoms with Crippen molar-refractivity contribution < 1.29 is 0 Å². The second-order valence-corrected chi connectivity index (χ2v) is 14.8. The van der Waals surface area contributed by atoms with Crippen molar-refractivity contribution in [1.82, 2.24) is 9.13 Å². The molecule has 2 nitrogen and oxygen atoms in total. The highest BCUT2D eigenvalue weighted by Gasteiger charge is 2.20. The van der Waals surface area contributed by atoms with Gasteiger partial charge in [-0.3, -0.25) is 0 Å². The zero-order valence-corrected chi connectivity index (χ0v) is 27.6. The van der Waals surface area contributed by atoms with Crippen LogP contribution in [0.15, 0.2) is 133 Å². The van der Waals surface area contributed by atoms with E-state index in [0.29, 0.717) is 0 Å². The molecular formula is C44H40N2. The first-order valence-corrected chi connectivity index (χ1v) is 16.4. The Morgan fingerprint density at radius 3 is 1.65 bits per heavy atom. The van der Waals surface area contributed by atoms with Crippen molar-refractivity contribution in [3.8, 4) is 22.5 Å². The summed E-state index contributed by atoms with van der Waals surface area (Å²) in [5.74, 6) is 0. The normalized spacial score (nSPS) is 12.6. The van der Waals surface area contributed by atoms with Crippen LogP contribution in [0.1, 0.15) is 52.7 Å². The molecule has 0 bridgehead atoms. The highest BCUT2D eigenvalue weighted by atomic mass is 15.0. The average Bonchev–Trinajstić information content (AvgIpc) is 3.56. The Bertz CT molecular complexity index is 2420. The molecule has 0 aliphatic heterocycles.